The molecule has 0 aliphatic rings. The Morgan fingerprint density at radius 3 is 3.19 bits per heavy atom. The predicted molar refractivity (Wildman–Crippen MR) is 50.6 cm³/mol. The van der Waals surface area contributed by atoms with Gasteiger partial charge in [0.2, 0.25) is 17.6 Å². The number of carbonyl (C=O) groups excluding carboxylic acids is 1. The molecule has 0 saturated heterocycles. The zero-order valence-electron chi connectivity index (χ0n) is 8.17. The number of hydrogen-bond donors (Lipinski definition) is 3. The molecule has 2 aromatic heterocycles. The van der Waals surface area contributed by atoms with E-state index in [1.165, 1.54) is 6.33 Å². The SMILES string of the molecule is NC(=O)CNCc1nc(-c2ncn[nH]2)no1. The summed E-state index contributed by atoms with van der Waals surface area (Å²) in [4.78, 5) is 18.3. The van der Waals surface area contributed by atoms with E-state index in [1.807, 2.05) is 0 Å². The van der Waals surface area contributed by atoms with Gasteiger partial charge < -0.3 is 10.3 Å². The van der Waals surface area contributed by atoms with Gasteiger partial charge in [0.25, 0.3) is 0 Å². The van der Waals surface area contributed by atoms with Crippen LogP contribution in [-0.4, -0.2) is 37.8 Å². The maximum absolute atomic E-state index is 10.5. The minimum absolute atomic E-state index is 0.0556. The molecule has 0 aliphatic heterocycles. The smallest absolute Gasteiger partial charge is 0.241 e. The minimum atomic E-state index is -0.449. The van der Waals surface area contributed by atoms with E-state index in [1.54, 1.807) is 0 Å². The van der Waals surface area contributed by atoms with Gasteiger partial charge >= 0.3 is 0 Å². The molecule has 0 atom stereocenters. The lowest BCUT2D eigenvalue weighted by Gasteiger charge is -1.94. The molecular formula is C7H9N7O2. The Balaban J connectivity index is 1.95. The van der Waals surface area contributed by atoms with Crippen molar-refractivity contribution in [3.05, 3.63) is 12.2 Å². The first-order valence-corrected chi connectivity index (χ1v) is 4.43. The van der Waals surface area contributed by atoms with Crippen molar-refractivity contribution in [1.82, 2.24) is 30.6 Å². The summed E-state index contributed by atoms with van der Waals surface area (Å²) in [6.45, 7) is 0.324. The molecule has 84 valence electrons. The molecule has 1 amide bonds. The molecule has 0 spiro atoms. The van der Waals surface area contributed by atoms with Crippen LogP contribution in [0.5, 0.6) is 0 Å². The van der Waals surface area contributed by atoms with E-state index in [0.29, 0.717) is 17.5 Å². The lowest BCUT2D eigenvalue weighted by atomic mass is 10.5. The number of hydrogen-bond acceptors (Lipinski definition) is 7. The van der Waals surface area contributed by atoms with Gasteiger partial charge in [-0.15, -0.1) is 0 Å². The number of carbonyl (C=O) groups is 1. The third-order valence-electron chi connectivity index (χ3n) is 1.67. The summed E-state index contributed by atoms with van der Waals surface area (Å²) in [5.74, 6) is 0.626. The molecule has 2 heterocycles. The van der Waals surface area contributed by atoms with Gasteiger partial charge in [0.15, 0.2) is 5.82 Å². The summed E-state index contributed by atoms with van der Waals surface area (Å²) in [6.07, 6.45) is 1.34. The second-order valence-corrected chi connectivity index (χ2v) is 2.92. The Bertz CT molecular complexity index is 463. The van der Waals surface area contributed by atoms with Crippen LogP contribution in [0.3, 0.4) is 0 Å². The molecule has 0 aromatic carbocycles. The van der Waals surface area contributed by atoms with Crippen LogP contribution >= 0.6 is 0 Å². The first-order valence-electron chi connectivity index (χ1n) is 4.43. The second kappa shape index (κ2) is 4.49. The van der Waals surface area contributed by atoms with Crippen LogP contribution in [0.2, 0.25) is 0 Å². The number of primary amides is 1. The monoisotopic (exact) mass is 223 g/mol. The van der Waals surface area contributed by atoms with E-state index in [4.69, 9.17) is 10.3 Å². The Kier molecular flexibility index (Phi) is 2.87. The molecule has 16 heavy (non-hydrogen) atoms. The molecule has 9 nitrogen and oxygen atoms in total. The fraction of sp³-hybridized carbons (Fsp3) is 0.286. The highest BCUT2D eigenvalue weighted by Gasteiger charge is 2.10. The third kappa shape index (κ3) is 2.39. The van der Waals surface area contributed by atoms with Gasteiger partial charge in [-0.25, -0.2) is 4.98 Å². The molecule has 0 saturated carbocycles. The highest BCUT2D eigenvalue weighted by atomic mass is 16.5. The van der Waals surface area contributed by atoms with Gasteiger partial charge in [0.05, 0.1) is 13.1 Å². The van der Waals surface area contributed by atoms with Crippen LogP contribution in [0.25, 0.3) is 11.6 Å². The topological polar surface area (TPSA) is 136 Å². The van der Waals surface area contributed by atoms with Crippen molar-refractivity contribution < 1.29 is 9.32 Å². The second-order valence-electron chi connectivity index (χ2n) is 2.92. The lowest BCUT2D eigenvalue weighted by Crippen LogP contribution is -2.28. The van der Waals surface area contributed by atoms with E-state index >= 15 is 0 Å². The fourth-order valence-electron chi connectivity index (χ4n) is 1.03. The van der Waals surface area contributed by atoms with E-state index in [0.717, 1.165) is 0 Å². The standard InChI is InChI=1S/C7H9N7O2/c8-4(15)1-9-2-5-12-7(14-16-5)6-10-3-11-13-6/h3,9H,1-2H2,(H2,8,15)(H,10,11,13). The number of amides is 1. The summed E-state index contributed by atoms with van der Waals surface area (Å²) in [5.41, 5.74) is 4.95. The maximum atomic E-state index is 10.5. The number of aromatic amines is 1. The van der Waals surface area contributed by atoms with Crippen molar-refractivity contribution in [3.63, 3.8) is 0 Å². The summed E-state index contributed by atoms with van der Waals surface area (Å²) >= 11 is 0. The van der Waals surface area contributed by atoms with Crippen LogP contribution in [0.4, 0.5) is 0 Å². The summed E-state index contributed by atoms with van der Waals surface area (Å²) < 4.78 is 4.91. The van der Waals surface area contributed by atoms with Crippen LogP contribution in [0, 0.1) is 0 Å². The molecule has 4 N–H and O–H groups in total. The highest BCUT2D eigenvalue weighted by molar-refractivity contribution is 5.75. The van der Waals surface area contributed by atoms with Crippen LogP contribution in [0.1, 0.15) is 5.89 Å². The fourth-order valence-corrected chi connectivity index (χ4v) is 1.03. The lowest BCUT2D eigenvalue weighted by molar-refractivity contribution is -0.117. The van der Waals surface area contributed by atoms with Gasteiger partial charge in [-0.1, -0.05) is 5.16 Å². The zero-order valence-corrected chi connectivity index (χ0v) is 8.17. The summed E-state index contributed by atoms with van der Waals surface area (Å²) in [5, 5.41) is 12.7. The normalized spacial score (nSPS) is 10.5. The molecule has 2 aromatic rings. The van der Waals surface area contributed by atoms with Crippen molar-refractivity contribution in [1.29, 1.82) is 0 Å². The van der Waals surface area contributed by atoms with E-state index in [2.05, 4.69) is 30.6 Å². The Labute approximate surface area is 89.4 Å². The van der Waals surface area contributed by atoms with E-state index in [-0.39, 0.29) is 13.1 Å². The maximum Gasteiger partial charge on any atom is 0.241 e. The molecule has 0 unspecified atom stereocenters. The molecule has 9 heteroatoms. The van der Waals surface area contributed by atoms with E-state index in [9.17, 15) is 4.79 Å². The minimum Gasteiger partial charge on any atom is -0.369 e. The quantitative estimate of drug-likeness (QED) is 0.557. The number of nitrogens with one attached hydrogen (secondary N) is 2. The Morgan fingerprint density at radius 2 is 2.50 bits per heavy atom. The molecule has 0 fully saturated rings. The van der Waals surface area contributed by atoms with Crippen molar-refractivity contribution in [2.75, 3.05) is 6.54 Å². The number of H-pyrrole nitrogens is 1. The molecule has 0 radical (unpaired) electrons. The molecule has 2 rings (SSSR count). The van der Waals surface area contributed by atoms with Crippen LogP contribution < -0.4 is 11.1 Å². The molecule has 0 bridgehead atoms. The number of rotatable bonds is 5. The predicted octanol–water partition coefficient (Wildman–Crippen LogP) is -1.57. The number of nitrogens with two attached hydrogens (primary N) is 1. The van der Waals surface area contributed by atoms with Crippen LogP contribution in [-0.2, 0) is 11.3 Å². The zero-order chi connectivity index (χ0) is 11.4. The van der Waals surface area contributed by atoms with Gasteiger partial charge in [-0.05, 0) is 0 Å². The van der Waals surface area contributed by atoms with Crippen molar-refractivity contribution >= 4 is 5.91 Å². The Morgan fingerprint density at radius 1 is 1.62 bits per heavy atom. The van der Waals surface area contributed by atoms with Crippen molar-refractivity contribution in [2.24, 2.45) is 5.73 Å². The first kappa shape index (κ1) is 10.2. The Hall–Kier alpha value is -2.29. The number of nitrogens with zero attached hydrogens (tertiary/aromatic N) is 4. The largest absolute Gasteiger partial charge is 0.369 e. The number of aromatic nitrogens is 5. The van der Waals surface area contributed by atoms with E-state index < -0.39 is 5.91 Å². The van der Waals surface area contributed by atoms with Crippen LogP contribution in [0.15, 0.2) is 10.9 Å². The van der Waals surface area contributed by atoms with Crippen molar-refractivity contribution in [2.45, 2.75) is 6.54 Å². The molecule has 0 aliphatic carbocycles. The van der Waals surface area contributed by atoms with Gasteiger partial charge in [0.1, 0.15) is 6.33 Å². The average Bonchev–Trinajstić information content (AvgIpc) is 2.85. The average molecular weight is 223 g/mol. The third-order valence-corrected chi connectivity index (χ3v) is 1.67. The summed E-state index contributed by atoms with van der Waals surface area (Å²) in [6, 6.07) is 0. The summed E-state index contributed by atoms with van der Waals surface area (Å²) in [7, 11) is 0. The van der Waals surface area contributed by atoms with Gasteiger partial charge in [-0.3, -0.25) is 15.2 Å². The molecular weight excluding hydrogens is 214 g/mol. The highest BCUT2D eigenvalue weighted by Crippen LogP contribution is 2.07. The van der Waals surface area contributed by atoms with Gasteiger partial charge in [0, 0.05) is 0 Å². The van der Waals surface area contributed by atoms with Crippen molar-refractivity contribution in [3.8, 4) is 11.6 Å². The first-order chi connectivity index (χ1) is 7.75. The van der Waals surface area contributed by atoms with Gasteiger partial charge in [-0.2, -0.15) is 10.1 Å².